The summed E-state index contributed by atoms with van der Waals surface area (Å²) in [4.78, 5) is 16.2. The predicted octanol–water partition coefficient (Wildman–Crippen LogP) is 2.92. The van der Waals surface area contributed by atoms with Gasteiger partial charge in [0.25, 0.3) is 5.91 Å². The number of para-hydroxylation sites is 1. The van der Waals surface area contributed by atoms with Crippen LogP contribution in [0.25, 0.3) is 10.9 Å². The van der Waals surface area contributed by atoms with Gasteiger partial charge < -0.3 is 24.9 Å². The third-order valence-electron chi connectivity index (χ3n) is 4.77. The van der Waals surface area contributed by atoms with E-state index in [0.29, 0.717) is 12.3 Å². The van der Waals surface area contributed by atoms with Crippen molar-refractivity contribution in [2.75, 3.05) is 26.7 Å². The maximum atomic E-state index is 12.0. The maximum Gasteiger partial charge on any atom is 0.287 e. The van der Waals surface area contributed by atoms with Crippen molar-refractivity contribution < 1.29 is 9.21 Å². The number of hydrogen-bond donors (Lipinski definition) is 3. The first-order valence-corrected chi connectivity index (χ1v) is 9.99. The summed E-state index contributed by atoms with van der Waals surface area (Å²) in [7, 11) is 1.76. The Morgan fingerprint density at radius 3 is 2.55 bits per heavy atom. The van der Waals surface area contributed by atoms with Crippen molar-refractivity contribution in [3.8, 4) is 0 Å². The standard InChI is InChI=1S/C22H29N5O2/c1-17-10-16-29-20(17)21(28)24-11-5-12-25-22(23-2)26-13-6-14-27-15-9-18-7-3-4-8-19(18)27/h3-4,7-10,15-16H,5-6,11-14H2,1-2H3,(H,24,28)(H2,23,25,26). The number of aryl methyl sites for hydroxylation is 2. The van der Waals surface area contributed by atoms with E-state index in [9.17, 15) is 4.79 Å². The van der Waals surface area contributed by atoms with Gasteiger partial charge in [-0.1, -0.05) is 18.2 Å². The number of benzene rings is 1. The minimum Gasteiger partial charge on any atom is -0.459 e. The van der Waals surface area contributed by atoms with Crippen molar-refractivity contribution in [3.05, 3.63) is 60.2 Å². The van der Waals surface area contributed by atoms with Crippen molar-refractivity contribution in [2.24, 2.45) is 4.99 Å². The topological polar surface area (TPSA) is 83.6 Å². The summed E-state index contributed by atoms with van der Waals surface area (Å²) >= 11 is 0. The van der Waals surface area contributed by atoms with E-state index >= 15 is 0 Å². The van der Waals surface area contributed by atoms with E-state index in [1.807, 2.05) is 6.92 Å². The molecule has 0 unspecified atom stereocenters. The Kier molecular flexibility index (Phi) is 7.33. The molecule has 1 amide bonds. The van der Waals surface area contributed by atoms with Crippen LogP contribution in [0, 0.1) is 6.92 Å². The van der Waals surface area contributed by atoms with Gasteiger partial charge >= 0.3 is 0 Å². The molecule has 0 saturated carbocycles. The Balaban J connectivity index is 1.29. The van der Waals surface area contributed by atoms with Crippen molar-refractivity contribution in [3.63, 3.8) is 0 Å². The van der Waals surface area contributed by atoms with Crippen LogP contribution in [-0.2, 0) is 6.54 Å². The van der Waals surface area contributed by atoms with E-state index in [1.165, 1.54) is 17.2 Å². The lowest BCUT2D eigenvalue weighted by molar-refractivity contribution is 0.0925. The number of furan rings is 1. The summed E-state index contributed by atoms with van der Waals surface area (Å²) < 4.78 is 7.46. The molecule has 154 valence electrons. The molecule has 0 saturated heterocycles. The molecule has 7 heteroatoms. The Labute approximate surface area is 171 Å². The molecule has 3 aromatic rings. The number of amides is 1. The zero-order valence-electron chi connectivity index (χ0n) is 17.1. The normalized spacial score (nSPS) is 11.6. The third-order valence-corrected chi connectivity index (χ3v) is 4.77. The van der Waals surface area contributed by atoms with E-state index in [2.05, 4.69) is 62.0 Å². The molecule has 0 radical (unpaired) electrons. The summed E-state index contributed by atoms with van der Waals surface area (Å²) in [6.07, 6.45) is 5.45. The summed E-state index contributed by atoms with van der Waals surface area (Å²) in [5.41, 5.74) is 2.11. The molecule has 3 rings (SSSR count). The number of nitrogens with one attached hydrogen (secondary N) is 3. The third kappa shape index (κ3) is 5.63. The second kappa shape index (κ2) is 10.4. The van der Waals surface area contributed by atoms with Gasteiger partial charge in [0.1, 0.15) is 0 Å². The van der Waals surface area contributed by atoms with Gasteiger partial charge in [0.05, 0.1) is 6.26 Å². The average Bonchev–Trinajstić information content (AvgIpc) is 3.35. The molecule has 0 bridgehead atoms. The molecule has 0 aliphatic heterocycles. The first-order chi connectivity index (χ1) is 14.2. The van der Waals surface area contributed by atoms with Crippen molar-refractivity contribution in [2.45, 2.75) is 26.3 Å². The summed E-state index contributed by atoms with van der Waals surface area (Å²) in [6.45, 7) is 4.94. The van der Waals surface area contributed by atoms with E-state index in [0.717, 1.165) is 44.0 Å². The molecule has 0 aliphatic carbocycles. The molecule has 29 heavy (non-hydrogen) atoms. The largest absolute Gasteiger partial charge is 0.459 e. The van der Waals surface area contributed by atoms with Crippen LogP contribution in [0.1, 0.15) is 29.0 Å². The molecule has 0 fully saturated rings. The molecule has 3 N–H and O–H groups in total. The number of fused-ring (bicyclic) bond motifs is 1. The molecule has 0 spiro atoms. The quantitative estimate of drug-likeness (QED) is 0.296. The Morgan fingerprint density at radius 2 is 1.79 bits per heavy atom. The van der Waals surface area contributed by atoms with E-state index in [-0.39, 0.29) is 5.91 Å². The van der Waals surface area contributed by atoms with Gasteiger partial charge in [-0.25, -0.2) is 0 Å². The molecular formula is C22H29N5O2. The number of rotatable bonds is 9. The summed E-state index contributed by atoms with van der Waals surface area (Å²) in [6, 6.07) is 12.3. The zero-order valence-corrected chi connectivity index (χ0v) is 17.1. The fourth-order valence-corrected chi connectivity index (χ4v) is 3.20. The molecule has 1 aromatic carbocycles. The number of nitrogens with zero attached hydrogens (tertiary/aromatic N) is 2. The molecular weight excluding hydrogens is 366 g/mol. The Hall–Kier alpha value is -3.22. The van der Waals surface area contributed by atoms with Crippen LogP contribution in [0.3, 0.4) is 0 Å². The number of aromatic nitrogens is 1. The van der Waals surface area contributed by atoms with Crippen molar-refractivity contribution >= 4 is 22.8 Å². The monoisotopic (exact) mass is 395 g/mol. The van der Waals surface area contributed by atoms with Gasteiger partial charge in [0.15, 0.2) is 11.7 Å². The van der Waals surface area contributed by atoms with Crippen LogP contribution >= 0.6 is 0 Å². The maximum absolute atomic E-state index is 12.0. The van der Waals surface area contributed by atoms with Crippen LogP contribution in [0.5, 0.6) is 0 Å². The van der Waals surface area contributed by atoms with Crippen molar-refractivity contribution in [1.29, 1.82) is 0 Å². The first-order valence-electron chi connectivity index (χ1n) is 9.99. The summed E-state index contributed by atoms with van der Waals surface area (Å²) in [5.74, 6) is 0.981. The first kappa shape index (κ1) is 20.5. The van der Waals surface area contributed by atoms with Crippen LogP contribution in [0.4, 0.5) is 0 Å². The smallest absolute Gasteiger partial charge is 0.287 e. The van der Waals surface area contributed by atoms with Gasteiger partial charge in [-0.2, -0.15) is 0 Å². The molecule has 2 heterocycles. The number of hydrogen-bond acceptors (Lipinski definition) is 3. The van der Waals surface area contributed by atoms with E-state index in [1.54, 1.807) is 13.1 Å². The molecule has 0 atom stereocenters. The minimum atomic E-state index is -0.174. The second-order valence-corrected chi connectivity index (χ2v) is 6.89. The van der Waals surface area contributed by atoms with E-state index < -0.39 is 0 Å². The molecule has 7 nitrogen and oxygen atoms in total. The minimum absolute atomic E-state index is 0.174. The lowest BCUT2D eigenvalue weighted by atomic mass is 10.2. The van der Waals surface area contributed by atoms with Crippen LogP contribution in [-0.4, -0.2) is 43.1 Å². The highest BCUT2D eigenvalue weighted by molar-refractivity contribution is 5.92. The zero-order chi connectivity index (χ0) is 20.5. The van der Waals surface area contributed by atoms with E-state index in [4.69, 9.17) is 4.42 Å². The van der Waals surface area contributed by atoms with Crippen LogP contribution < -0.4 is 16.0 Å². The lowest BCUT2D eigenvalue weighted by Crippen LogP contribution is -2.39. The van der Waals surface area contributed by atoms with Gasteiger partial charge in [-0.3, -0.25) is 9.79 Å². The van der Waals surface area contributed by atoms with Gasteiger partial charge in [-0.15, -0.1) is 0 Å². The number of guanidine groups is 1. The fourth-order valence-electron chi connectivity index (χ4n) is 3.20. The highest BCUT2D eigenvalue weighted by Gasteiger charge is 2.11. The predicted molar refractivity (Wildman–Crippen MR) is 116 cm³/mol. The number of aliphatic imine (C=N–C) groups is 1. The van der Waals surface area contributed by atoms with Crippen LogP contribution in [0.2, 0.25) is 0 Å². The Morgan fingerprint density at radius 1 is 1.03 bits per heavy atom. The number of carbonyl (C=O) groups is 1. The summed E-state index contributed by atoms with van der Waals surface area (Å²) in [5, 5.41) is 10.7. The Bertz CT molecular complexity index is 957. The second-order valence-electron chi connectivity index (χ2n) is 6.89. The molecule has 2 aromatic heterocycles. The highest BCUT2D eigenvalue weighted by atomic mass is 16.3. The average molecular weight is 396 g/mol. The SMILES string of the molecule is CN=C(NCCCNC(=O)c1occc1C)NCCCn1ccc2ccccc21. The van der Waals surface area contributed by atoms with Gasteiger partial charge in [-0.05, 0) is 43.4 Å². The molecule has 0 aliphatic rings. The van der Waals surface area contributed by atoms with Crippen molar-refractivity contribution in [1.82, 2.24) is 20.5 Å². The van der Waals surface area contributed by atoms with Gasteiger partial charge in [0.2, 0.25) is 0 Å². The van der Waals surface area contributed by atoms with Crippen LogP contribution in [0.15, 0.2) is 58.3 Å². The lowest BCUT2D eigenvalue weighted by Gasteiger charge is -2.12. The van der Waals surface area contributed by atoms with Gasteiger partial charge in [0, 0.05) is 50.5 Å². The fraction of sp³-hybridized carbons (Fsp3) is 0.364. The highest BCUT2D eigenvalue weighted by Crippen LogP contribution is 2.15. The number of carbonyl (C=O) groups excluding carboxylic acids is 1.